The summed E-state index contributed by atoms with van der Waals surface area (Å²) in [7, 11) is 0. The van der Waals surface area contributed by atoms with Crippen LogP contribution in [0.3, 0.4) is 0 Å². The van der Waals surface area contributed by atoms with Crippen LogP contribution >= 0.6 is 0 Å². The molecule has 6 nitrogen and oxygen atoms in total. The maximum atomic E-state index is 9.42. The van der Waals surface area contributed by atoms with Crippen molar-refractivity contribution in [1.82, 2.24) is 10.6 Å². The predicted octanol–water partition coefficient (Wildman–Crippen LogP) is 2.48. The van der Waals surface area contributed by atoms with E-state index in [1.165, 1.54) is 32.1 Å². The van der Waals surface area contributed by atoms with Crippen molar-refractivity contribution >= 4 is 5.96 Å². The van der Waals surface area contributed by atoms with E-state index in [-0.39, 0.29) is 12.0 Å². The standard InChI is InChI=1S/C20H33N3O3/c24-12-9-20(10-14-25-16-20)15-22-19(23-17-5-2-1-3-6-17)21-11-8-18-7-4-13-26-18/h4,7,13,17,24H,1-3,5-6,8-12,14-16H2,(H2,21,22,23). The Balaban J connectivity index is 1.58. The zero-order chi connectivity index (χ0) is 18.1. The fourth-order valence-corrected chi connectivity index (χ4v) is 3.89. The largest absolute Gasteiger partial charge is 0.469 e. The Kier molecular flexibility index (Phi) is 7.38. The third-order valence-corrected chi connectivity index (χ3v) is 5.59. The molecule has 0 bridgehead atoms. The molecule has 1 aliphatic heterocycles. The van der Waals surface area contributed by atoms with E-state index < -0.39 is 0 Å². The molecule has 1 aromatic heterocycles. The first-order chi connectivity index (χ1) is 12.8. The minimum absolute atomic E-state index is 0.0169. The number of aliphatic hydroxyl groups excluding tert-OH is 1. The lowest BCUT2D eigenvalue weighted by Crippen LogP contribution is -2.45. The van der Waals surface area contributed by atoms with Gasteiger partial charge in [-0.25, -0.2) is 0 Å². The number of hydrogen-bond acceptors (Lipinski definition) is 4. The summed E-state index contributed by atoms with van der Waals surface area (Å²) >= 11 is 0. The average Bonchev–Trinajstić information content (AvgIpc) is 3.33. The van der Waals surface area contributed by atoms with E-state index in [9.17, 15) is 5.11 Å². The van der Waals surface area contributed by atoms with Crippen molar-refractivity contribution < 1.29 is 14.3 Å². The SMILES string of the molecule is OCCC1(CN=C(NCCc2ccco2)NC2CCCCC2)CCOC1. The van der Waals surface area contributed by atoms with Crippen LogP contribution in [0.2, 0.25) is 0 Å². The molecule has 3 N–H and O–H groups in total. The molecule has 6 heteroatoms. The Morgan fingerprint density at radius 3 is 2.88 bits per heavy atom. The Morgan fingerprint density at radius 2 is 2.19 bits per heavy atom. The quantitative estimate of drug-likeness (QED) is 0.488. The van der Waals surface area contributed by atoms with Gasteiger partial charge in [-0.05, 0) is 37.8 Å². The number of rotatable bonds is 8. The van der Waals surface area contributed by atoms with E-state index in [1.807, 2.05) is 12.1 Å². The van der Waals surface area contributed by atoms with Gasteiger partial charge in [0.05, 0.1) is 19.4 Å². The molecular weight excluding hydrogens is 330 g/mol. The third-order valence-electron chi connectivity index (χ3n) is 5.59. The molecule has 26 heavy (non-hydrogen) atoms. The van der Waals surface area contributed by atoms with Crippen molar-refractivity contribution in [3.8, 4) is 0 Å². The summed E-state index contributed by atoms with van der Waals surface area (Å²) in [6.45, 7) is 3.13. The Hall–Kier alpha value is -1.53. The number of aliphatic imine (C=N–C) groups is 1. The second-order valence-corrected chi connectivity index (χ2v) is 7.68. The molecular formula is C20H33N3O3. The van der Waals surface area contributed by atoms with E-state index >= 15 is 0 Å². The van der Waals surface area contributed by atoms with Crippen molar-refractivity contribution in [3.63, 3.8) is 0 Å². The molecule has 2 fully saturated rings. The number of nitrogens with one attached hydrogen (secondary N) is 2. The minimum Gasteiger partial charge on any atom is -0.469 e. The molecule has 1 atom stereocenters. The lowest BCUT2D eigenvalue weighted by atomic mass is 9.84. The molecule has 1 saturated carbocycles. The third kappa shape index (κ3) is 5.74. The van der Waals surface area contributed by atoms with Crippen LogP contribution in [-0.4, -0.2) is 50.0 Å². The Labute approximate surface area is 156 Å². The molecule has 0 spiro atoms. The highest BCUT2D eigenvalue weighted by atomic mass is 16.5. The first kappa shape index (κ1) is 19.2. The van der Waals surface area contributed by atoms with E-state index in [0.717, 1.165) is 44.1 Å². The number of hydrogen-bond donors (Lipinski definition) is 3. The van der Waals surface area contributed by atoms with Crippen molar-refractivity contribution in [1.29, 1.82) is 0 Å². The van der Waals surface area contributed by atoms with Crippen LogP contribution in [0.1, 0.15) is 50.7 Å². The van der Waals surface area contributed by atoms with Gasteiger partial charge in [0.15, 0.2) is 5.96 Å². The summed E-state index contributed by atoms with van der Waals surface area (Å²) in [6, 6.07) is 4.43. The summed E-state index contributed by atoms with van der Waals surface area (Å²) in [5, 5.41) is 16.5. The highest BCUT2D eigenvalue weighted by Crippen LogP contribution is 2.32. The number of furan rings is 1. The fraction of sp³-hybridized carbons (Fsp3) is 0.750. The number of nitrogens with zero attached hydrogens (tertiary/aromatic N) is 1. The van der Waals surface area contributed by atoms with Crippen molar-refractivity contribution in [3.05, 3.63) is 24.2 Å². The molecule has 1 aromatic rings. The molecule has 2 heterocycles. The van der Waals surface area contributed by atoms with Crippen molar-refractivity contribution in [2.45, 2.75) is 57.4 Å². The average molecular weight is 364 g/mol. The molecule has 3 rings (SSSR count). The number of guanidine groups is 1. The van der Waals surface area contributed by atoms with Crippen LogP contribution in [0.15, 0.2) is 27.8 Å². The molecule has 1 saturated heterocycles. The van der Waals surface area contributed by atoms with Gasteiger partial charge in [-0.3, -0.25) is 4.99 Å². The topological polar surface area (TPSA) is 79.0 Å². The Morgan fingerprint density at radius 1 is 1.31 bits per heavy atom. The van der Waals surface area contributed by atoms with E-state index in [0.29, 0.717) is 19.2 Å². The summed E-state index contributed by atoms with van der Waals surface area (Å²) in [6.07, 6.45) is 10.6. The van der Waals surface area contributed by atoms with Crippen LogP contribution < -0.4 is 10.6 Å². The van der Waals surface area contributed by atoms with Gasteiger partial charge in [0.2, 0.25) is 0 Å². The zero-order valence-corrected chi connectivity index (χ0v) is 15.7. The fourth-order valence-electron chi connectivity index (χ4n) is 3.89. The van der Waals surface area contributed by atoms with Gasteiger partial charge in [0.1, 0.15) is 5.76 Å². The van der Waals surface area contributed by atoms with Gasteiger partial charge in [0, 0.05) is 37.6 Å². The highest BCUT2D eigenvalue weighted by Gasteiger charge is 2.34. The summed E-state index contributed by atoms with van der Waals surface area (Å²) in [5.41, 5.74) is -0.0169. The van der Waals surface area contributed by atoms with Gasteiger partial charge in [0.25, 0.3) is 0 Å². The van der Waals surface area contributed by atoms with Crippen LogP contribution in [0.4, 0.5) is 0 Å². The molecule has 0 amide bonds. The zero-order valence-electron chi connectivity index (χ0n) is 15.7. The van der Waals surface area contributed by atoms with Crippen molar-refractivity contribution in [2.24, 2.45) is 10.4 Å². The first-order valence-electron chi connectivity index (χ1n) is 10.1. The maximum absolute atomic E-state index is 9.42. The second kappa shape index (κ2) is 9.97. The van der Waals surface area contributed by atoms with E-state index in [1.54, 1.807) is 6.26 Å². The van der Waals surface area contributed by atoms with Gasteiger partial charge >= 0.3 is 0 Å². The monoisotopic (exact) mass is 363 g/mol. The predicted molar refractivity (Wildman–Crippen MR) is 102 cm³/mol. The molecule has 2 aliphatic rings. The smallest absolute Gasteiger partial charge is 0.191 e. The molecule has 0 aromatic carbocycles. The van der Waals surface area contributed by atoms with Gasteiger partial charge in [-0.1, -0.05) is 19.3 Å². The molecule has 0 radical (unpaired) electrons. The normalized spacial score (nSPS) is 24.7. The minimum atomic E-state index is -0.0169. The van der Waals surface area contributed by atoms with Crippen LogP contribution in [-0.2, 0) is 11.2 Å². The molecule has 1 unspecified atom stereocenters. The Bertz CT molecular complexity index is 533. The number of ether oxygens (including phenoxy) is 1. The maximum Gasteiger partial charge on any atom is 0.191 e. The van der Waals surface area contributed by atoms with E-state index in [2.05, 4.69) is 10.6 Å². The van der Waals surface area contributed by atoms with Gasteiger partial charge < -0.3 is 24.9 Å². The summed E-state index contributed by atoms with van der Waals surface area (Å²) in [5.74, 6) is 1.86. The summed E-state index contributed by atoms with van der Waals surface area (Å²) < 4.78 is 11.0. The van der Waals surface area contributed by atoms with Crippen LogP contribution in [0.25, 0.3) is 0 Å². The first-order valence-corrected chi connectivity index (χ1v) is 10.1. The molecule has 146 valence electrons. The van der Waals surface area contributed by atoms with Gasteiger partial charge in [-0.15, -0.1) is 0 Å². The van der Waals surface area contributed by atoms with E-state index in [4.69, 9.17) is 14.1 Å². The van der Waals surface area contributed by atoms with Crippen LogP contribution in [0, 0.1) is 5.41 Å². The van der Waals surface area contributed by atoms with Crippen molar-refractivity contribution in [2.75, 3.05) is 32.9 Å². The van der Waals surface area contributed by atoms with Gasteiger partial charge in [-0.2, -0.15) is 0 Å². The lowest BCUT2D eigenvalue weighted by molar-refractivity contribution is 0.131. The van der Waals surface area contributed by atoms with Crippen LogP contribution in [0.5, 0.6) is 0 Å². The molecule has 1 aliphatic carbocycles. The highest BCUT2D eigenvalue weighted by molar-refractivity contribution is 5.80. The number of aliphatic hydroxyl groups is 1. The summed E-state index contributed by atoms with van der Waals surface area (Å²) in [4.78, 5) is 4.88. The lowest BCUT2D eigenvalue weighted by Gasteiger charge is -2.27. The second-order valence-electron chi connectivity index (χ2n) is 7.68.